The molecule has 1 aliphatic heterocycles. The Bertz CT molecular complexity index is 1170. The van der Waals surface area contributed by atoms with E-state index in [0.717, 1.165) is 52.6 Å². The van der Waals surface area contributed by atoms with E-state index in [9.17, 15) is 4.79 Å². The Labute approximate surface area is 163 Å². The predicted octanol–water partition coefficient (Wildman–Crippen LogP) is 4.03. The van der Waals surface area contributed by atoms with Crippen LogP contribution in [0.4, 0.5) is 0 Å². The molecule has 1 amide bonds. The highest BCUT2D eigenvalue weighted by Crippen LogP contribution is 2.33. The van der Waals surface area contributed by atoms with E-state index >= 15 is 0 Å². The van der Waals surface area contributed by atoms with E-state index in [2.05, 4.69) is 21.7 Å². The number of likely N-dealkylation sites (tertiary alicyclic amines) is 1. The number of para-hydroxylation sites is 2. The number of aryl methyl sites for hydroxylation is 1. The topological polar surface area (TPSA) is 51.0 Å². The van der Waals surface area contributed by atoms with Crippen LogP contribution in [0.15, 0.2) is 60.9 Å². The number of rotatable bonds is 3. The third-order valence-electron chi connectivity index (χ3n) is 5.79. The van der Waals surface area contributed by atoms with Crippen LogP contribution in [-0.2, 0) is 18.3 Å². The smallest absolute Gasteiger partial charge is 0.227 e. The number of pyridine rings is 1. The van der Waals surface area contributed by atoms with Crippen LogP contribution in [0.25, 0.3) is 21.8 Å². The van der Waals surface area contributed by atoms with Gasteiger partial charge < -0.3 is 9.47 Å². The van der Waals surface area contributed by atoms with Crippen LogP contribution in [0.1, 0.15) is 30.3 Å². The van der Waals surface area contributed by atoms with Crippen molar-refractivity contribution in [3.8, 4) is 0 Å². The first-order valence-corrected chi connectivity index (χ1v) is 9.75. The molecular weight excluding hydrogens is 348 g/mol. The Balaban J connectivity index is 1.46. The molecule has 2 aromatic heterocycles. The summed E-state index contributed by atoms with van der Waals surface area (Å²) < 4.78 is 2.13. The highest BCUT2D eigenvalue weighted by Gasteiger charge is 2.33. The predicted molar refractivity (Wildman–Crippen MR) is 110 cm³/mol. The molecule has 0 radical (unpaired) electrons. The first-order valence-electron chi connectivity index (χ1n) is 9.75. The van der Waals surface area contributed by atoms with Crippen LogP contribution in [0.5, 0.6) is 0 Å². The molecule has 0 saturated carbocycles. The maximum absolute atomic E-state index is 13.2. The van der Waals surface area contributed by atoms with Gasteiger partial charge in [0.15, 0.2) is 0 Å². The maximum Gasteiger partial charge on any atom is 0.227 e. The fourth-order valence-corrected chi connectivity index (χ4v) is 4.38. The summed E-state index contributed by atoms with van der Waals surface area (Å²) in [7, 11) is 2.04. The summed E-state index contributed by atoms with van der Waals surface area (Å²) in [6.07, 6.45) is 6.00. The second-order valence-electron chi connectivity index (χ2n) is 7.46. The Hall–Kier alpha value is -3.21. The van der Waals surface area contributed by atoms with Crippen molar-refractivity contribution >= 4 is 27.7 Å². The van der Waals surface area contributed by atoms with Gasteiger partial charge in [-0.25, -0.2) is 4.98 Å². The van der Waals surface area contributed by atoms with Crippen LogP contribution in [0, 0.1) is 0 Å². The first kappa shape index (κ1) is 16.9. The van der Waals surface area contributed by atoms with Crippen LogP contribution < -0.4 is 0 Å². The molecule has 5 rings (SSSR count). The summed E-state index contributed by atoms with van der Waals surface area (Å²) in [5, 5.41) is 2.17. The highest BCUT2D eigenvalue weighted by atomic mass is 16.2. The van der Waals surface area contributed by atoms with Crippen molar-refractivity contribution in [2.45, 2.75) is 25.3 Å². The monoisotopic (exact) mass is 370 g/mol. The Morgan fingerprint density at radius 3 is 2.82 bits per heavy atom. The molecule has 4 aromatic rings. The molecule has 1 saturated heterocycles. The number of amides is 1. The van der Waals surface area contributed by atoms with Gasteiger partial charge in [-0.15, -0.1) is 0 Å². The number of carbonyl (C=O) groups excluding carboxylic acids is 1. The molecule has 1 fully saturated rings. The van der Waals surface area contributed by atoms with Crippen LogP contribution in [0.2, 0.25) is 0 Å². The summed E-state index contributed by atoms with van der Waals surface area (Å²) >= 11 is 0. The number of carbonyl (C=O) groups is 1. The Morgan fingerprint density at radius 2 is 1.93 bits per heavy atom. The lowest BCUT2D eigenvalue weighted by atomic mass is 10.0. The van der Waals surface area contributed by atoms with Crippen LogP contribution in [-0.4, -0.2) is 31.9 Å². The first-order chi connectivity index (χ1) is 13.7. The summed E-state index contributed by atoms with van der Waals surface area (Å²) in [6, 6.07) is 16.3. The van der Waals surface area contributed by atoms with Crippen molar-refractivity contribution in [2.24, 2.45) is 7.05 Å². The van der Waals surface area contributed by atoms with Gasteiger partial charge in [0.1, 0.15) is 5.82 Å². The van der Waals surface area contributed by atoms with Crippen molar-refractivity contribution in [1.82, 2.24) is 19.4 Å². The largest absolute Gasteiger partial charge is 0.332 e. The van der Waals surface area contributed by atoms with E-state index < -0.39 is 0 Å². The quantitative estimate of drug-likeness (QED) is 0.547. The minimum atomic E-state index is 0.0350. The van der Waals surface area contributed by atoms with E-state index in [0.29, 0.717) is 6.42 Å². The number of nitrogens with zero attached hydrogens (tertiary/aromatic N) is 4. The van der Waals surface area contributed by atoms with Crippen molar-refractivity contribution in [3.63, 3.8) is 0 Å². The molecule has 0 spiro atoms. The Kier molecular flexibility index (Phi) is 4.08. The molecule has 28 heavy (non-hydrogen) atoms. The number of hydrogen-bond donors (Lipinski definition) is 0. The molecule has 0 aliphatic carbocycles. The molecule has 2 aromatic carbocycles. The van der Waals surface area contributed by atoms with Gasteiger partial charge in [-0.2, -0.15) is 0 Å². The summed E-state index contributed by atoms with van der Waals surface area (Å²) in [5.74, 6) is 1.12. The number of imidazole rings is 1. The molecular formula is C23H22N4O. The molecule has 1 unspecified atom stereocenters. The van der Waals surface area contributed by atoms with Gasteiger partial charge in [0, 0.05) is 31.4 Å². The van der Waals surface area contributed by atoms with Crippen molar-refractivity contribution in [2.75, 3.05) is 6.54 Å². The van der Waals surface area contributed by atoms with Gasteiger partial charge in [0.2, 0.25) is 5.91 Å². The summed E-state index contributed by atoms with van der Waals surface area (Å²) in [5.41, 5.74) is 3.08. The number of aromatic nitrogens is 3. The lowest BCUT2D eigenvalue weighted by Crippen LogP contribution is -2.33. The third-order valence-corrected chi connectivity index (χ3v) is 5.79. The van der Waals surface area contributed by atoms with Gasteiger partial charge >= 0.3 is 0 Å². The minimum Gasteiger partial charge on any atom is -0.332 e. The zero-order valence-electron chi connectivity index (χ0n) is 15.9. The van der Waals surface area contributed by atoms with Gasteiger partial charge in [0.25, 0.3) is 0 Å². The van der Waals surface area contributed by atoms with Crippen molar-refractivity contribution < 1.29 is 4.79 Å². The normalized spacial score (nSPS) is 16.9. The van der Waals surface area contributed by atoms with E-state index in [4.69, 9.17) is 4.98 Å². The van der Waals surface area contributed by atoms with Crippen molar-refractivity contribution in [3.05, 3.63) is 72.3 Å². The van der Waals surface area contributed by atoms with Crippen LogP contribution >= 0.6 is 0 Å². The maximum atomic E-state index is 13.2. The number of fused-ring (bicyclic) bond motifs is 2. The van der Waals surface area contributed by atoms with E-state index in [1.165, 1.54) is 0 Å². The van der Waals surface area contributed by atoms with Gasteiger partial charge in [-0.1, -0.05) is 36.4 Å². The molecule has 5 nitrogen and oxygen atoms in total. The van der Waals surface area contributed by atoms with E-state index in [-0.39, 0.29) is 11.9 Å². The molecule has 0 bridgehead atoms. The second kappa shape index (κ2) is 6.75. The minimum absolute atomic E-state index is 0.0350. The van der Waals surface area contributed by atoms with Crippen molar-refractivity contribution in [1.29, 1.82) is 0 Å². The lowest BCUT2D eigenvalue weighted by molar-refractivity contribution is -0.131. The summed E-state index contributed by atoms with van der Waals surface area (Å²) in [4.78, 5) is 24.4. The average molecular weight is 370 g/mol. The van der Waals surface area contributed by atoms with E-state index in [1.807, 2.05) is 60.7 Å². The highest BCUT2D eigenvalue weighted by molar-refractivity contribution is 5.89. The second-order valence-corrected chi connectivity index (χ2v) is 7.46. The molecule has 140 valence electrons. The molecule has 0 N–H and O–H groups in total. The fourth-order valence-electron chi connectivity index (χ4n) is 4.38. The van der Waals surface area contributed by atoms with Crippen LogP contribution in [0.3, 0.4) is 0 Å². The van der Waals surface area contributed by atoms with Gasteiger partial charge in [-0.3, -0.25) is 9.78 Å². The standard InChI is InChI=1S/C23H22N4O/c1-26-20-10-5-4-9-19(20)25-23(26)21-11-6-12-27(21)22(28)13-17-15-24-14-16-7-2-3-8-18(16)17/h2-5,7-10,14-15,21H,6,11-13H2,1H3. The fraction of sp³-hybridized carbons (Fsp3) is 0.261. The average Bonchev–Trinajstić information content (AvgIpc) is 3.33. The zero-order chi connectivity index (χ0) is 19.1. The SMILES string of the molecule is Cn1c(C2CCCN2C(=O)Cc2cncc3ccccc23)nc2ccccc21. The third kappa shape index (κ3) is 2.74. The van der Waals surface area contributed by atoms with Gasteiger partial charge in [0.05, 0.1) is 23.5 Å². The number of benzene rings is 2. The summed E-state index contributed by atoms with van der Waals surface area (Å²) in [6.45, 7) is 0.783. The zero-order valence-corrected chi connectivity index (χ0v) is 15.9. The Morgan fingerprint density at radius 1 is 1.11 bits per heavy atom. The lowest BCUT2D eigenvalue weighted by Gasteiger charge is -2.24. The number of hydrogen-bond acceptors (Lipinski definition) is 3. The molecule has 3 heterocycles. The van der Waals surface area contributed by atoms with Gasteiger partial charge in [-0.05, 0) is 35.9 Å². The van der Waals surface area contributed by atoms with E-state index in [1.54, 1.807) is 0 Å². The molecule has 1 atom stereocenters. The molecule has 1 aliphatic rings. The molecule has 5 heteroatoms.